The molecule has 0 spiro atoms. The zero-order valence-electron chi connectivity index (χ0n) is 8.63. The summed E-state index contributed by atoms with van der Waals surface area (Å²) in [6, 6.07) is 0. The van der Waals surface area contributed by atoms with Crippen molar-refractivity contribution in [3.8, 4) is 0 Å². The zero-order valence-corrected chi connectivity index (χ0v) is 8.63. The molecule has 0 aliphatic rings. The molecule has 1 nitrogen and oxygen atoms in total. The second-order valence-corrected chi connectivity index (χ2v) is 3.66. The van der Waals surface area contributed by atoms with Crippen molar-refractivity contribution in [2.45, 2.75) is 40.5 Å². The smallest absolute Gasteiger partial charge is 0.132 e. The van der Waals surface area contributed by atoms with Gasteiger partial charge in [0.15, 0.2) is 0 Å². The molecule has 0 saturated heterocycles. The summed E-state index contributed by atoms with van der Waals surface area (Å²) >= 11 is 0. The Labute approximate surface area is 75.9 Å². The minimum absolute atomic E-state index is 0.227. The maximum atomic E-state index is 10.9. The fourth-order valence-corrected chi connectivity index (χ4v) is 1.23. The van der Waals surface area contributed by atoms with Crippen LogP contribution < -0.4 is 0 Å². The van der Waals surface area contributed by atoms with Gasteiger partial charge in [-0.05, 0) is 32.6 Å². The van der Waals surface area contributed by atoms with E-state index in [-0.39, 0.29) is 5.92 Å². The third-order valence-corrected chi connectivity index (χ3v) is 2.22. The average molecular weight is 168 g/mol. The predicted octanol–water partition coefficient (Wildman–Crippen LogP) is 3.20. The van der Waals surface area contributed by atoms with Crippen LogP contribution in [0.25, 0.3) is 0 Å². The molecule has 0 unspecified atom stereocenters. The van der Waals surface area contributed by atoms with E-state index in [9.17, 15) is 4.79 Å². The van der Waals surface area contributed by atoms with Crippen molar-refractivity contribution in [3.05, 3.63) is 12.2 Å². The van der Waals surface area contributed by atoms with Gasteiger partial charge in [0.05, 0.1) is 0 Å². The molecule has 0 fully saturated rings. The Morgan fingerprint density at radius 2 is 2.00 bits per heavy atom. The van der Waals surface area contributed by atoms with Crippen LogP contribution in [0.4, 0.5) is 0 Å². The van der Waals surface area contributed by atoms with Gasteiger partial charge in [-0.3, -0.25) is 4.79 Å². The first kappa shape index (κ1) is 11.4. The van der Waals surface area contributed by atoms with E-state index >= 15 is 0 Å². The summed E-state index contributed by atoms with van der Waals surface area (Å²) in [4.78, 5) is 10.9. The van der Waals surface area contributed by atoms with Crippen LogP contribution in [0.3, 0.4) is 0 Å². The molecule has 0 saturated carbocycles. The molecule has 0 aliphatic heterocycles. The van der Waals surface area contributed by atoms with Crippen LogP contribution in [0.1, 0.15) is 40.5 Å². The second-order valence-electron chi connectivity index (χ2n) is 3.66. The third-order valence-electron chi connectivity index (χ3n) is 2.22. The summed E-state index contributed by atoms with van der Waals surface area (Å²) in [6.07, 6.45) is 6.33. The van der Waals surface area contributed by atoms with Gasteiger partial charge in [-0.25, -0.2) is 0 Å². The molecule has 2 atom stereocenters. The molecule has 0 aromatic carbocycles. The monoisotopic (exact) mass is 168 g/mol. The van der Waals surface area contributed by atoms with Crippen LogP contribution in [0.5, 0.6) is 0 Å². The van der Waals surface area contributed by atoms with Crippen LogP contribution in [0.15, 0.2) is 12.2 Å². The van der Waals surface area contributed by atoms with Crippen LogP contribution in [-0.2, 0) is 4.79 Å². The van der Waals surface area contributed by atoms with E-state index in [1.54, 1.807) is 6.92 Å². The Kier molecular flexibility index (Phi) is 5.69. The predicted molar refractivity (Wildman–Crippen MR) is 53.1 cm³/mol. The number of carbonyl (C=O) groups is 1. The second kappa shape index (κ2) is 5.99. The van der Waals surface area contributed by atoms with Crippen molar-refractivity contribution < 1.29 is 4.79 Å². The fraction of sp³-hybridized carbons (Fsp3) is 0.727. The van der Waals surface area contributed by atoms with Gasteiger partial charge < -0.3 is 0 Å². The van der Waals surface area contributed by atoms with Crippen LogP contribution in [0.2, 0.25) is 0 Å². The van der Waals surface area contributed by atoms with E-state index in [4.69, 9.17) is 0 Å². The highest BCUT2D eigenvalue weighted by atomic mass is 16.1. The Bertz CT molecular complexity index is 158. The lowest BCUT2D eigenvalue weighted by molar-refractivity contribution is -0.120. The number of hydrogen-bond acceptors (Lipinski definition) is 1. The summed E-state index contributed by atoms with van der Waals surface area (Å²) < 4.78 is 0. The molecule has 0 aliphatic carbocycles. The van der Waals surface area contributed by atoms with Gasteiger partial charge >= 0.3 is 0 Å². The molecule has 70 valence electrons. The molecule has 0 N–H and O–H groups in total. The van der Waals surface area contributed by atoms with Gasteiger partial charge in [0.25, 0.3) is 0 Å². The summed E-state index contributed by atoms with van der Waals surface area (Å²) in [5.74, 6) is 1.16. The van der Waals surface area contributed by atoms with Crippen molar-refractivity contribution in [2.75, 3.05) is 0 Å². The molecule has 0 amide bonds. The topological polar surface area (TPSA) is 17.1 Å². The number of carbonyl (C=O) groups excluding carboxylic acids is 1. The molecular formula is C11H20O. The lowest BCUT2D eigenvalue weighted by Gasteiger charge is -2.12. The van der Waals surface area contributed by atoms with Crippen molar-refractivity contribution in [3.63, 3.8) is 0 Å². The molecular weight excluding hydrogens is 148 g/mol. The highest BCUT2D eigenvalue weighted by molar-refractivity contribution is 5.77. The molecule has 12 heavy (non-hydrogen) atoms. The van der Waals surface area contributed by atoms with Gasteiger partial charge in [0.2, 0.25) is 0 Å². The summed E-state index contributed by atoms with van der Waals surface area (Å²) in [6.45, 7) is 7.90. The van der Waals surface area contributed by atoms with Gasteiger partial charge in [-0.1, -0.05) is 26.0 Å². The molecule has 0 aromatic rings. The Morgan fingerprint density at radius 1 is 1.42 bits per heavy atom. The van der Waals surface area contributed by atoms with Crippen molar-refractivity contribution in [1.29, 1.82) is 0 Å². The maximum absolute atomic E-state index is 10.9. The van der Waals surface area contributed by atoms with Crippen LogP contribution in [0, 0.1) is 11.8 Å². The fourth-order valence-electron chi connectivity index (χ4n) is 1.23. The number of hydrogen-bond donors (Lipinski definition) is 0. The lowest BCUT2D eigenvalue weighted by Crippen LogP contribution is -2.10. The third kappa shape index (κ3) is 5.11. The quantitative estimate of drug-likeness (QED) is 0.576. The molecule has 0 radical (unpaired) electrons. The van der Waals surface area contributed by atoms with Gasteiger partial charge in [-0.2, -0.15) is 0 Å². The number of allylic oxidation sites excluding steroid dienone is 2. The molecule has 0 bridgehead atoms. The highest BCUT2D eigenvalue weighted by Gasteiger charge is 2.10. The largest absolute Gasteiger partial charge is 0.300 e. The SMILES string of the molecule is C/C=C/C[C@@H](C)C[C@H](C)C(C)=O. The average Bonchev–Trinajstić information content (AvgIpc) is 2.00. The van der Waals surface area contributed by atoms with Crippen molar-refractivity contribution in [2.24, 2.45) is 11.8 Å². The van der Waals surface area contributed by atoms with Gasteiger partial charge in [-0.15, -0.1) is 0 Å². The first-order valence-electron chi connectivity index (χ1n) is 4.69. The normalized spacial score (nSPS) is 16.3. The Balaban J connectivity index is 3.68. The Morgan fingerprint density at radius 3 is 2.42 bits per heavy atom. The maximum Gasteiger partial charge on any atom is 0.132 e. The molecule has 1 heteroatoms. The summed E-state index contributed by atoms with van der Waals surface area (Å²) in [5, 5.41) is 0. The first-order valence-corrected chi connectivity index (χ1v) is 4.69. The highest BCUT2D eigenvalue weighted by Crippen LogP contribution is 2.15. The zero-order chi connectivity index (χ0) is 9.56. The Hall–Kier alpha value is -0.590. The van der Waals surface area contributed by atoms with E-state index in [0.717, 1.165) is 12.8 Å². The lowest BCUT2D eigenvalue weighted by atomic mass is 9.92. The molecule has 0 aromatic heterocycles. The number of ketones is 1. The van der Waals surface area contributed by atoms with E-state index in [1.165, 1.54) is 0 Å². The van der Waals surface area contributed by atoms with Crippen LogP contribution >= 0.6 is 0 Å². The summed E-state index contributed by atoms with van der Waals surface area (Å²) in [7, 11) is 0. The number of Topliss-reactive ketones (excluding diaryl/α,β-unsaturated/α-hetero) is 1. The van der Waals surface area contributed by atoms with Crippen LogP contribution in [-0.4, -0.2) is 5.78 Å². The van der Waals surface area contributed by atoms with E-state index < -0.39 is 0 Å². The van der Waals surface area contributed by atoms with Crippen molar-refractivity contribution >= 4 is 5.78 Å². The van der Waals surface area contributed by atoms with Crippen molar-refractivity contribution in [1.82, 2.24) is 0 Å². The first-order chi connectivity index (χ1) is 5.57. The van der Waals surface area contributed by atoms with Gasteiger partial charge in [0, 0.05) is 5.92 Å². The summed E-state index contributed by atoms with van der Waals surface area (Å²) in [5.41, 5.74) is 0. The minimum Gasteiger partial charge on any atom is -0.300 e. The van der Waals surface area contributed by atoms with Gasteiger partial charge in [0.1, 0.15) is 5.78 Å². The molecule has 0 heterocycles. The van der Waals surface area contributed by atoms with E-state index in [2.05, 4.69) is 19.1 Å². The minimum atomic E-state index is 0.227. The van der Waals surface area contributed by atoms with E-state index in [1.807, 2.05) is 13.8 Å². The number of rotatable bonds is 5. The standard InChI is InChI=1S/C11H20O/c1-5-6-7-9(2)8-10(3)11(4)12/h5-6,9-10H,7-8H2,1-4H3/b6-5+/t9-,10+/m1/s1. The van der Waals surface area contributed by atoms with E-state index in [0.29, 0.717) is 11.7 Å². The molecule has 0 rings (SSSR count).